The van der Waals surface area contributed by atoms with Gasteiger partial charge in [-0.15, -0.1) is 11.3 Å². The lowest BCUT2D eigenvalue weighted by Crippen LogP contribution is -2.47. The lowest BCUT2D eigenvalue weighted by atomic mass is 9.91. The number of rotatable bonds is 7. The minimum atomic E-state index is -1.02. The molecule has 1 fully saturated rings. The molecule has 1 aliphatic heterocycles. The maximum Gasteiger partial charge on any atom is 0.175 e. The number of nitrogens with zero attached hydrogens (tertiary/aromatic N) is 3. The molecule has 3 aromatic heterocycles. The van der Waals surface area contributed by atoms with Gasteiger partial charge in [-0.3, -0.25) is 0 Å². The molecule has 186 valence electrons. The molecule has 5 aromatic rings. The van der Waals surface area contributed by atoms with E-state index in [1.807, 2.05) is 35.7 Å². The van der Waals surface area contributed by atoms with Gasteiger partial charge < -0.3 is 23.8 Å². The van der Waals surface area contributed by atoms with Gasteiger partial charge in [-0.05, 0) is 68.6 Å². The van der Waals surface area contributed by atoms with E-state index in [4.69, 9.17) is 13.8 Å². The highest BCUT2D eigenvalue weighted by atomic mass is 32.1. The largest absolute Gasteiger partial charge is 0.491 e. The van der Waals surface area contributed by atoms with Crippen molar-refractivity contribution in [3.63, 3.8) is 0 Å². The molecule has 7 nitrogen and oxygen atoms in total. The summed E-state index contributed by atoms with van der Waals surface area (Å²) in [7, 11) is 0. The van der Waals surface area contributed by atoms with E-state index in [2.05, 4.69) is 15.2 Å². The van der Waals surface area contributed by atoms with Gasteiger partial charge in [0.15, 0.2) is 10.6 Å². The lowest BCUT2D eigenvalue weighted by Gasteiger charge is -2.36. The molecule has 0 aliphatic carbocycles. The average molecular weight is 508 g/mol. The molecule has 36 heavy (non-hydrogen) atoms. The number of aliphatic hydroxyl groups is 1. The second-order valence-corrected chi connectivity index (χ2v) is 10.6. The predicted octanol–water partition coefficient (Wildman–Crippen LogP) is 5.85. The second-order valence-electron chi connectivity index (χ2n) is 9.72. The number of hydrogen-bond donors (Lipinski definition) is 1. The number of benzene rings is 2. The average Bonchev–Trinajstić information content (AvgIpc) is 3.59. The molecule has 4 heterocycles. The SMILES string of the molecule is C[C@@](O)(COc1cccc(-c2onc3sccc23)c1)CN1CCC(c2onc3cc(F)ccc23)CC1. The number of halogens is 1. The Hall–Kier alpha value is -3.27. The number of aromatic nitrogens is 2. The van der Waals surface area contributed by atoms with E-state index in [1.54, 1.807) is 24.3 Å². The number of hydrogen-bond acceptors (Lipinski definition) is 8. The number of β-amino-alcohol motifs (C(OH)–C–C–N with tert-alkyl or cyclic N) is 1. The maximum absolute atomic E-state index is 13.5. The summed E-state index contributed by atoms with van der Waals surface area (Å²) in [5.74, 6) is 2.12. The van der Waals surface area contributed by atoms with Gasteiger partial charge in [0.05, 0.1) is 5.39 Å². The molecule has 1 saturated heterocycles. The van der Waals surface area contributed by atoms with Crippen LogP contribution in [0.1, 0.15) is 31.4 Å². The fraction of sp³-hybridized carbons (Fsp3) is 0.333. The Morgan fingerprint density at radius 2 is 1.97 bits per heavy atom. The fourth-order valence-corrected chi connectivity index (χ4v) is 5.67. The predicted molar refractivity (Wildman–Crippen MR) is 136 cm³/mol. The van der Waals surface area contributed by atoms with Crippen molar-refractivity contribution in [2.75, 3.05) is 26.2 Å². The second kappa shape index (κ2) is 9.31. The monoisotopic (exact) mass is 507 g/mol. The summed E-state index contributed by atoms with van der Waals surface area (Å²) >= 11 is 1.54. The number of likely N-dealkylation sites (tertiary alicyclic amines) is 1. The van der Waals surface area contributed by atoms with E-state index in [-0.39, 0.29) is 18.3 Å². The smallest absolute Gasteiger partial charge is 0.175 e. The van der Waals surface area contributed by atoms with Crippen molar-refractivity contribution in [2.24, 2.45) is 0 Å². The van der Waals surface area contributed by atoms with Crippen LogP contribution in [-0.4, -0.2) is 52.2 Å². The first kappa shape index (κ1) is 23.1. The van der Waals surface area contributed by atoms with Gasteiger partial charge in [-0.25, -0.2) is 4.39 Å². The molecular formula is C27H26FN3O4S. The highest BCUT2D eigenvalue weighted by Gasteiger charge is 2.30. The summed E-state index contributed by atoms with van der Waals surface area (Å²) < 4.78 is 30.6. The molecule has 0 radical (unpaired) electrons. The number of fused-ring (bicyclic) bond motifs is 2. The normalized spacial score (nSPS) is 17.1. The van der Waals surface area contributed by atoms with Crippen LogP contribution in [0.4, 0.5) is 4.39 Å². The van der Waals surface area contributed by atoms with Crippen molar-refractivity contribution in [1.82, 2.24) is 15.2 Å². The van der Waals surface area contributed by atoms with Gasteiger partial charge in [0.1, 0.15) is 35.1 Å². The van der Waals surface area contributed by atoms with Crippen LogP contribution >= 0.6 is 11.3 Å². The van der Waals surface area contributed by atoms with Gasteiger partial charge in [-0.2, -0.15) is 0 Å². The van der Waals surface area contributed by atoms with E-state index >= 15 is 0 Å². The summed E-state index contributed by atoms with van der Waals surface area (Å²) in [6, 6.07) is 14.2. The molecule has 1 atom stereocenters. The molecule has 2 aromatic carbocycles. The fourth-order valence-electron chi connectivity index (χ4n) is 4.97. The minimum Gasteiger partial charge on any atom is -0.491 e. The van der Waals surface area contributed by atoms with Crippen LogP contribution in [0.25, 0.3) is 32.4 Å². The first-order valence-electron chi connectivity index (χ1n) is 12.0. The van der Waals surface area contributed by atoms with Gasteiger partial charge >= 0.3 is 0 Å². The number of thiophene rings is 1. The van der Waals surface area contributed by atoms with E-state index in [9.17, 15) is 9.50 Å². The van der Waals surface area contributed by atoms with Crippen LogP contribution in [0.5, 0.6) is 5.75 Å². The Kier molecular flexibility index (Phi) is 5.99. The zero-order valence-electron chi connectivity index (χ0n) is 19.8. The zero-order valence-corrected chi connectivity index (χ0v) is 20.6. The van der Waals surface area contributed by atoms with Crippen molar-refractivity contribution >= 4 is 32.5 Å². The molecule has 1 aliphatic rings. The summed E-state index contributed by atoms with van der Waals surface area (Å²) in [6.07, 6.45) is 1.77. The van der Waals surface area contributed by atoms with Crippen LogP contribution < -0.4 is 4.74 Å². The van der Waals surface area contributed by atoms with Gasteiger partial charge in [0.2, 0.25) is 0 Å². The van der Waals surface area contributed by atoms with Crippen LogP contribution in [-0.2, 0) is 0 Å². The third-order valence-electron chi connectivity index (χ3n) is 6.75. The first-order chi connectivity index (χ1) is 17.4. The molecule has 0 unspecified atom stereocenters. The molecule has 0 amide bonds. The van der Waals surface area contributed by atoms with Crippen LogP contribution in [0.2, 0.25) is 0 Å². The summed E-state index contributed by atoms with van der Waals surface area (Å²) in [5.41, 5.74) is 0.420. The Labute approximate surface area is 211 Å². The topological polar surface area (TPSA) is 84.8 Å². The highest BCUT2D eigenvalue weighted by molar-refractivity contribution is 7.16. The van der Waals surface area contributed by atoms with Crippen molar-refractivity contribution < 1.29 is 23.3 Å². The van der Waals surface area contributed by atoms with Crippen molar-refractivity contribution in [3.8, 4) is 17.1 Å². The molecule has 1 N–H and O–H groups in total. The van der Waals surface area contributed by atoms with Gasteiger partial charge in [0.25, 0.3) is 0 Å². The molecule has 0 bridgehead atoms. The Morgan fingerprint density at radius 1 is 1.11 bits per heavy atom. The van der Waals surface area contributed by atoms with Crippen LogP contribution in [0.15, 0.2) is 63.0 Å². The lowest BCUT2D eigenvalue weighted by molar-refractivity contribution is -0.0224. The zero-order chi connectivity index (χ0) is 24.7. The molecule has 0 spiro atoms. The van der Waals surface area contributed by atoms with Gasteiger partial charge in [-0.1, -0.05) is 22.4 Å². The van der Waals surface area contributed by atoms with Crippen molar-refractivity contribution in [1.29, 1.82) is 0 Å². The van der Waals surface area contributed by atoms with Crippen molar-refractivity contribution in [2.45, 2.75) is 31.3 Å². The highest BCUT2D eigenvalue weighted by Crippen LogP contribution is 2.35. The molecule has 0 saturated carbocycles. The first-order valence-corrected chi connectivity index (χ1v) is 12.9. The Morgan fingerprint density at radius 3 is 2.83 bits per heavy atom. The van der Waals surface area contributed by atoms with Crippen molar-refractivity contribution in [3.05, 3.63) is 65.5 Å². The van der Waals surface area contributed by atoms with E-state index < -0.39 is 5.60 Å². The number of ether oxygens (including phenoxy) is 1. The molecular weight excluding hydrogens is 481 g/mol. The Balaban J connectivity index is 1.05. The maximum atomic E-state index is 13.5. The molecule has 6 rings (SSSR count). The Bertz CT molecular complexity index is 1500. The molecule has 9 heteroatoms. The minimum absolute atomic E-state index is 0.166. The van der Waals surface area contributed by atoms with Gasteiger partial charge in [0, 0.05) is 29.5 Å². The van der Waals surface area contributed by atoms with E-state index in [1.165, 1.54) is 12.1 Å². The van der Waals surface area contributed by atoms with E-state index in [0.29, 0.717) is 17.8 Å². The number of piperidine rings is 1. The quantitative estimate of drug-likeness (QED) is 0.296. The third kappa shape index (κ3) is 4.61. The summed E-state index contributed by atoms with van der Waals surface area (Å²) in [6.45, 7) is 4.11. The summed E-state index contributed by atoms with van der Waals surface area (Å²) in [4.78, 5) is 3.12. The van der Waals surface area contributed by atoms with Crippen LogP contribution in [0, 0.1) is 5.82 Å². The third-order valence-corrected chi connectivity index (χ3v) is 7.54. The van der Waals surface area contributed by atoms with E-state index in [0.717, 1.165) is 58.6 Å². The van der Waals surface area contributed by atoms with Crippen LogP contribution in [0.3, 0.4) is 0 Å². The summed E-state index contributed by atoms with van der Waals surface area (Å²) in [5, 5.41) is 23.0. The standard InChI is InChI=1S/C27H26FN3O4S/c1-27(32,16-33-20-4-2-3-18(13-20)25-22-9-12-36-26(22)30-35-25)15-31-10-7-17(8-11-31)24-21-6-5-19(28)14-23(21)29-34-24/h2-6,9,12-14,17,32H,7-8,10-11,15-16H2,1H3/t27-/m0/s1.